The largest absolute Gasteiger partial charge is 0.336 e. The van der Waals surface area contributed by atoms with Gasteiger partial charge in [-0.3, -0.25) is 14.5 Å². The lowest BCUT2D eigenvalue weighted by Crippen LogP contribution is -2.48. The van der Waals surface area contributed by atoms with Crippen LogP contribution in [0, 0.1) is 0 Å². The van der Waals surface area contributed by atoms with Crippen LogP contribution >= 0.6 is 22.7 Å². The standard InChI is InChI=1S/C21H21N3O2S2/c25-20(19-4-2-14-28-19)22-17-7-5-16(6-8-17)21(26)24-11-9-23(10-12-24)15-18-3-1-13-27-18/h1-8,13-14H,9-12,15H2,(H,22,25). The van der Waals surface area contributed by atoms with Gasteiger partial charge in [0, 0.05) is 48.9 Å². The first-order valence-electron chi connectivity index (χ1n) is 9.18. The molecule has 5 nitrogen and oxygen atoms in total. The van der Waals surface area contributed by atoms with Gasteiger partial charge in [-0.15, -0.1) is 22.7 Å². The second kappa shape index (κ2) is 8.68. The van der Waals surface area contributed by atoms with Crippen molar-refractivity contribution in [2.45, 2.75) is 6.54 Å². The summed E-state index contributed by atoms with van der Waals surface area (Å²) in [6, 6.07) is 15.0. The van der Waals surface area contributed by atoms with Crippen LogP contribution in [0.2, 0.25) is 0 Å². The predicted octanol–water partition coefficient (Wildman–Crippen LogP) is 4.02. The molecule has 0 atom stereocenters. The number of hydrogen-bond acceptors (Lipinski definition) is 5. The third kappa shape index (κ3) is 4.49. The molecule has 3 heterocycles. The van der Waals surface area contributed by atoms with E-state index in [1.165, 1.54) is 16.2 Å². The number of hydrogen-bond donors (Lipinski definition) is 1. The molecule has 3 aromatic rings. The predicted molar refractivity (Wildman–Crippen MR) is 114 cm³/mol. The molecule has 7 heteroatoms. The lowest BCUT2D eigenvalue weighted by molar-refractivity contribution is 0.0629. The van der Waals surface area contributed by atoms with E-state index >= 15 is 0 Å². The number of benzene rings is 1. The van der Waals surface area contributed by atoms with Crippen molar-refractivity contribution in [2.75, 3.05) is 31.5 Å². The Kier molecular flexibility index (Phi) is 5.85. The molecule has 1 aromatic carbocycles. The van der Waals surface area contributed by atoms with E-state index in [1.54, 1.807) is 41.7 Å². The first-order chi connectivity index (χ1) is 13.7. The van der Waals surface area contributed by atoms with Crippen LogP contribution in [-0.2, 0) is 6.54 Å². The lowest BCUT2D eigenvalue weighted by atomic mass is 10.1. The topological polar surface area (TPSA) is 52.7 Å². The molecule has 1 saturated heterocycles. The molecule has 1 N–H and O–H groups in total. The molecule has 1 fully saturated rings. The van der Waals surface area contributed by atoms with Gasteiger partial charge < -0.3 is 10.2 Å². The third-order valence-corrected chi connectivity index (χ3v) is 6.48. The molecule has 0 bridgehead atoms. The molecule has 0 aliphatic carbocycles. The van der Waals surface area contributed by atoms with Crippen LogP contribution < -0.4 is 5.32 Å². The summed E-state index contributed by atoms with van der Waals surface area (Å²) in [5, 5.41) is 6.83. The van der Waals surface area contributed by atoms with E-state index in [0.717, 1.165) is 32.7 Å². The summed E-state index contributed by atoms with van der Waals surface area (Å²) in [7, 11) is 0. The van der Waals surface area contributed by atoms with Crippen molar-refractivity contribution < 1.29 is 9.59 Å². The van der Waals surface area contributed by atoms with Crippen molar-refractivity contribution in [3.63, 3.8) is 0 Å². The van der Waals surface area contributed by atoms with Gasteiger partial charge in [0.1, 0.15) is 0 Å². The number of amides is 2. The lowest BCUT2D eigenvalue weighted by Gasteiger charge is -2.34. The number of carbonyl (C=O) groups excluding carboxylic acids is 2. The van der Waals surface area contributed by atoms with Gasteiger partial charge in [0.05, 0.1) is 4.88 Å². The fourth-order valence-electron chi connectivity index (χ4n) is 3.21. The Labute approximate surface area is 172 Å². The van der Waals surface area contributed by atoms with Crippen molar-refractivity contribution >= 4 is 40.2 Å². The van der Waals surface area contributed by atoms with E-state index in [-0.39, 0.29) is 11.8 Å². The zero-order valence-electron chi connectivity index (χ0n) is 15.3. The maximum atomic E-state index is 12.8. The van der Waals surface area contributed by atoms with Gasteiger partial charge >= 0.3 is 0 Å². The number of anilines is 1. The van der Waals surface area contributed by atoms with E-state index in [4.69, 9.17) is 0 Å². The number of nitrogens with zero attached hydrogens (tertiary/aromatic N) is 2. The minimum atomic E-state index is -0.129. The summed E-state index contributed by atoms with van der Waals surface area (Å²) in [5.74, 6) is -0.0807. The monoisotopic (exact) mass is 411 g/mol. The maximum Gasteiger partial charge on any atom is 0.265 e. The Balaban J connectivity index is 1.30. The van der Waals surface area contributed by atoms with Crippen LogP contribution in [0.5, 0.6) is 0 Å². The second-order valence-electron chi connectivity index (χ2n) is 6.66. The van der Waals surface area contributed by atoms with Crippen molar-refractivity contribution in [3.05, 3.63) is 74.6 Å². The van der Waals surface area contributed by atoms with Gasteiger partial charge in [0.15, 0.2) is 0 Å². The molecule has 1 aliphatic heterocycles. The molecule has 0 spiro atoms. The van der Waals surface area contributed by atoms with Crippen LogP contribution in [0.1, 0.15) is 24.9 Å². The van der Waals surface area contributed by atoms with E-state index in [2.05, 4.69) is 27.7 Å². The highest BCUT2D eigenvalue weighted by atomic mass is 32.1. The highest BCUT2D eigenvalue weighted by Gasteiger charge is 2.22. The Morgan fingerprint density at radius 3 is 2.25 bits per heavy atom. The number of rotatable bonds is 5. The summed E-state index contributed by atoms with van der Waals surface area (Å²) in [5.41, 5.74) is 1.34. The summed E-state index contributed by atoms with van der Waals surface area (Å²) >= 11 is 3.18. The van der Waals surface area contributed by atoms with Crippen LogP contribution in [0.25, 0.3) is 0 Å². The van der Waals surface area contributed by atoms with Crippen LogP contribution in [0.3, 0.4) is 0 Å². The van der Waals surface area contributed by atoms with E-state index in [1.807, 2.05) is 16.3 Å². The van der Waals surface area contributed by atoms with Crippen molar-refractivity contribution in [1.29, 1.82) is 0 Å². The molecule has 1 aliphatic rings. The summed E-state index contributed by atoms with van der Waals surface area (Å²) < 4.78 is 0. The molecule has 144 valence electrons. The molecule has 2 amide bonds. The van der Waals surface area contributed by atoms with Gasteiger partial charge in [-0.05, 0) is 47.2 Å². The molecule has 0 unspecified atom stereocenters. The normalized spacial score (nSPS) is 14.8. The van der Waals surface area contributed by atoms with Crippen LogP contribution in [0.4, 0.5) is 5.69 Å². The van der Waals surface area contributed by atoms with E-state index in [9.17, 15) is 9.59 Å². The second-order valence-corrected chi connectivity index (χ2v) is 8.64. The first-order valence-corrected chi connectivity index (χ1v) is 10.9. The third-order valence-electron chi connectivity index (χ3n) is 4.75. The van der Waals surface area contributed by atoms with E-state index in [0.29, 0.717) is 16.1 Å². The zero-order valence-corrected chi connectivity index (χ0v) is 17.0. The van der Waals surface area contributed by atoms with Crippen molar-refractivity contribution in [3.8, 4) is 0 Å². The quantitative estimate of drug-likeness (QED) is 0.690. The minimum absolute atomic E-state index is 0.0481. The number of thiophene rings is 2. The van der Waals surface area contributed by atoms with Crippen molar-refractivity contribution in [2.24, 2.45) is 0 Å². The number of piperazine rings is 1. The summed E-state index contributed by atoms with van der Waals surface area (Å²) in [6.45, 7) is 4.21. The smallest absolute Gasteiger partial charge is 0.265 e. The van der Waals surface area contributed by atoms with Gasteiger partial charge in [-0.1, -0.05) is 12.1 Å². The van der Waals surface area contributed by atoms with Gasteiger partial charge in [0.2, 0.25) is 0 Å². The minimum Gasteiger partial charge on any atom is -0.336 e. The Hall–Kier alpha value is -2.48. The molecule has 2 aromatic heterocycles. The molecule has 28 heavy (non-hydrogen) atoms. The Morgan fingerprint density at radius 2 is 1.61 bits per heavy atom. The highest BCUT2D eigenvalue weighted by Crippen LogP contribution is 2.17. The fourth-order valence-corrected chi connectivity index (χ4v) is 4.58. The fraction of sp³-hybridized carbons (Fsp3) is 0.238. The van der Waals surface area contributed by atoms with Crippen LogP contribution in [0.15, 0.2) is 59.3 Å². The SMILES string of the molecule is O=C(Nc1ccc(C(=O)N2CCN(Cc3cccs3)CC2)cc1)c1cccs1. The van der Waals surface area contributed by atoms with Crippen LogP contribution in [-0.4, -0.2) is 47.8 Å². The number of carbonyl (C=O) groups is 2. The number of nitrogens with one attached hydrogen (secondary N) is 1. The summed E-state index contributed by atoms with van der Waals surface area (Å²) in [4.78, 5) is 31.2. The van der Waals surface area contributed by atoms with Crippen molar-refractivity contribution in [1.82, 2.24) is 9.80 Å². The Bertz CT molecular complexity index is 913. The van der Waals surface area contributed by atoms with E-state index < -0.39 is 0 Å². The molecule has 4 rings (SSSR count). The van der Waals surface area contributed by atoms with Gasteiger partial charge in [-0.25, -0.2) is 0 Å². The first kappa shape index (κ1) is 18.9. The molecule has 0 saturated carbocycles. The maximum absolute atomic E-state index is 12.8. The molecular formula is C21H21N3O2S2. The Morgan fingerprint density at radius 1 is 0.893 bits per heavy atom. The van der Waals surface area contributed by atoms with Gasteiger partial charge in [0.25, 0.3) is 11.8 Å². The average Bonchev–Trinajstić information content (AvgIpc) is 3.43. The average molecular weight is 412 g/mol. The molecule has 0 radical (unpaired) electrons. The highest BCUT2D eigenvalue weighted by molar-refractivity contribution is 7.12. The zero-order chi connectivity index (χ0) is 19.3. The molecular weight excluding hydrogens is 390 g/mol. The van der Waals surface area contributed by atoms with Gasteiger partial charge in [-0.2, -0.15) is 0 Å². The summed E-state index contributed by atoms with van der Waals surface area (Å²) in [6.07, 6.45) is 0.